The summed E-state index contributed by atoms with van der Waals surface area (Å²) in [4.78, 5) is 24.9. The van der Waals surface area contributed by atoms with Gasteiger partial charge in [0.25, 0.3) is 0 Å². The molecule has 0 radical (unpaired) electrons. The monoisotopic (exact) mass is 257 g/mol. The highest BCUT2D eigenvalue weighted by Crippen LogP contribution is 1.97. The summed E-state index contributed by atoms with van der Waals surface area (Å²) >= 11 is 0. The standard InChI is InChI=1S/C13H27N3O2/c1-5-11(4)15-13(18)14-10-8-9-12(17)16(6-2)7-3/h11H,5-10H2,1-4H3,(H2,14,15,18). The average Bonchev–Trinajstić information content (AvgIpc) is 2.36. The van der Waals surface area contributed by atoms with Crippen molar-refractivity contribution in [2.75, 3.05) is 19.6 Å². The Morgan fingerprint density at radius 3 is 2.28 bits per heavy atom. The molecule has 106 valence electrons. The van der Waals surface area contributed by atoms with Crippen LogP contribution in [0, 0.1) is 0 Å². The first kappa shape index (κ1) is 16.7. The van der Waals surface area contributed by atoms with E-state index in [1.54, 1.807) is 4.90 Å². The molecule has 0 bridgehead atoms. The van der Waals surface area contributed by atoms with Crippen molar-refractivity contribution in [1.82, 2.24) is 15.5 Å². The topological polar surface area (TPSA) is 61.4 Å². The fourth-order valence-corrected chi connectivity index (χ4v) is 1.55. The Morgan fingerprint density at radius 1 is 1.17 bits per heavy atom. The van der Waals surface area contributed by atoms with Crippen LogP contribution in [-0.2, 0) is 4.79 Å². The van der Waals surface area contributed by atoms with E-state index in [-0.39, 0.29) is 18.0 Å². The lowest BCUT2D eigenvalue weighted by molar-refractivity contribution is -0.130. The number of carbonyl (C=O) groups is 2. The van der Waals surface area contributed by atoms with Gasteiger partial charge < -0.3 is 15.5 Å². The normalized spacial score (nSPS) is 11.8. The number of carbonyl (C=O) groups excluding carboxylic acids is 2. The maximum absolute atomic E-state index is 11.7. The van der Waals surface area contributed by atoms with Gasteiger partial charge in [0, 0.05) is 32.1 Å². The van der Waals surface area contributed by atoms with Gasteiger partial charge in [0.1, 0.15) is 0 Å². The number of amides is 3. The van der Waals surface area contributed by atoms with Crippen LogP contribution in [0.25, 0.3) is 0 Å². The molecule has 0 aromatic heterocycles. The van der Waals surface area contributed by atoms with Gasteiger partial charge in [-0.15, -0.1) is 0 Å². The van der Waals surface area contributed by atoms with Gasteiger partial charge in [-0.2, -0.15) is 0 Å². The zero-order valence-corrected chi connectivity index (χ0v) is 12.1. The molecule has 0 aliphatic heterocycles. The van der Waals surface area contributed by atoms with E-state index in [0.29, 0.717) is 19.4 Å². The SMILES string of the molecule is CCC(C)NC(=O)NCCCC(=O)N(CC)CC. The molecule has 0 aliphatic carbocycles. The zero-order chi connectivity index (χ0) is 14.0. The second-order valence-corrected chi connectivity index (χ2v) is 4.38. The predicted molar refractivity (Wildman–Crippen MR) is 73.4 cm³/mol. The van der Waals surface area contributed by atoms with E-state index in [2.05, 4.69) is 10.6 Å². The smallest absolute Gasteiger partial charge is 0.314 e. The third kappa shape index (κ3) is 7.14. The fraction of sp³-hybridized carbons (Fsp3) is 0.846. The molecular formula is C13H27N3O2. The highest BCUT2D eigenvalue weighted by molar-refractivity contribution is 5.76. The minimum absolute atomic E-state index is 0.153. The highest BCUT2D eigenvalue weighted by atomic mass is 16.2. The summed E-state index contributed by atoms with van der Waals surface area (Å²) in [5, 5.41) is 5.57. The highest BCUT2D eigenvalue weighted by Gasteiger charge is 2.09. The molecule has 0 aliphatic rings. The summed E-state index contributed by atoms with van der Waals surface area (Å²) in [6.07, 6.45) is 2.09. The fourth-order valence-electron chi connectivity index (χ4n) is 1.55. The van der Waals surface area contributed by atoms with Crippen LogP contribution in [0.5, 0.6) is 0 Å². The maximum atomic E-state index is 11.7. The summed E-state index contributed by atoms with van der Waals surface area (Å²) < 4.78 is 0. The number of nitrogens with one attached hydrogen (secondary N) is 2. The Morgan fingerprint density at radius 2 is 1.78 bits per heavy atom. The average molecular weight is 257 g/mol. The predicted octanol–water partition coefficient (Wildman–Crippen LogP) is 1.73. The summed E-state index contributed by atoms with van der Waals surface area (Å²) in [5.74, 6) is 0.157. The van der Waals surface area contributed by atoms with Crippen molar-refractivity contribution < 1.29 is 9.59 Å². The Hall–Kier alpha value is -1.26. The van der Waals surface area contributed by atoms with Crippen molar-refractivity contribution in [3.63, 3.8) is 0 Å². The van der Waals surface area contributed by atoms with Crippen molar-refractivity contribution in [2.24, 2.45) is 0 Å². The van der Waals surface area contributed by atoms with Crippen LogP contribution >= 0.6 is 0 Å². The molecule has 0 spiro atoms. The first-order valence-corrected chi connectivity index (χ1v) is 6.87. The summed E-state index contributed by atoms with van der Waals surface area (Å²) in [6, 6.07) is 0.0296. The van der Waals surface area contributed by atoms with Crippen LogP contribution in [0.3, 0.4) is 0 Å². The van der Waals surface area contributed by atoms with Gasteiger partial charge in [-0.05, 0) is 33.6 Å². The van der Waals surface area contributed by atoms with Gasteiger partial charge in [-0.1, -0.05) is 6.92 Å². The second-order valence-electron chi connectivity index (χ2n) is 4.38. The van der Waals surface area contributed by atoms with E-state index in [4.69, 9.17) is 0 Å². The lowest BCUT2D eigenvalue weighted by Crippen LogP contribution is -2.41. The third-order valence-electron chi connectivity index (χ3n) is 2.96. The van der Waals surface area contributed by atoms with E-state index in [1.807, 2.05) is 27.7 Å². The zero-order valence-electron chi connectivity index (χ0n) is 12.1. The van der Waals surface area contributed by atoms with E-state index in [9.17, 15) is 9.59 Å². The molecule has 1 atom stereocenters. The Kier molecular flexibility index (Phi) is 9.06. The molecule has 2 N–H and O–H groups in total. The molecule has 18 heavy (non-hydrogen) atoms. The van der Waals surface area contributed by atoms with Crippen molar-refractivity contribution in [1.29, 1.82) is 0 Å². The largest absolute Gasteiger partial charge is 0.343 e. The minimum atomic E-state index is -0.153. The summed E-state index contributed by atoms with van der Waals surface area (Å²) in [5.41, 5.74) is 0. The molecule has 0 fully saturated rings. The van der Waals surface area contributed by atoms with E-state index in [1.165, 1.54) is 0 Å². The first-order valence-electron chi connectivity index (χ1n) is 6.87. The Bertz CT molecular complexity index is 253. The molecule has 0 rings (SSSR count). The minimum Gasteiger partial charge on any atom is -0.343 e. The van der Waals surface area contributed by atoms with Gasteiger partial charge in [-0.25, -0.2) is 4.79 Å². The molecule has 5 nitrogen and oxygen atoms in total. The van der Waals surface area contributed by atoms with Crippen LogP contribution in [0.4, 0.5) is 4.79 Å². The van der Waals surface area contributed by atoms with Crippen molar-refractivity contribution in [3.8, 4) is 0 Å². The molecule has 3 amide bonds. The Balaban J connectivity index is 3.67. The quantitative estimate of drug-likeness (QED) is 0.651. The molecule has 0 aromatic carbocycles. The van der Waals surface area contributed by atoms with Crippen LogP contribution in [0.1, 0.15) is 47.0 Å². The molecular weight excluding hydrogens is 230 g/mol. The molecule has 0 aromatic rings. The van der Waals surface area contributed by atoms with Crippen LogP contribution in [-0.4, -0.2) is 42.5 Å². The number of hydrogen-bond acceptors (Lipinski definition) is 2. The molecule has 0 saturated heterocycles. The van der Waals surface area contributed by atoms with Crippen molar-refractivity contribution in [3.05, 3.63) is 0 Å². The second kappa shape index (κ2) is 9.74. The lowest BCUT2D eigenvalue weighted by Gasteiger charge is -2.18. The maximum Gasteiger partial charge on any atom is 0.314 e. The molecule has 0 heterocycles. The van der Waals surface area contributed by atoms with Crippen molar-refractivity contribution >= 4 is 11.9 Å². The molecule has 5 heteroatoms. The number of hydrogen-bond donors (Lipinski definition) is 2. The van der Waals surface area contributed by atoms with Crippen LogP contribution in [0.2, 0.25) is 0 Å². The van der Waals surface area contributed by atoms with Gasteiger partial charge >= 0.3 is 6.03 Å². The summed E-state index contributed by atoms with van der Waals surface area (Å²) in [6.45, 7) is 9.96. The molecule has 0 saturated carbocycles. The van der Waals surface area contributed by atoms with Crippen LogP contribution in [0.15, 0.2) is 0 Å². The molecule has 1 unspecified atom stereocenters. The number of rotatable bonds is 8. The van der Waals surface area contributed by atoms with Gasteiger partial charge in [0.05, 0.1) is 0 Å². The van der Waals surface area contributed by atoms with Gasteiger partial charge in [0.15, 0.2) is 0 Å². The number of urea groups is 1. The van der Waals surface area contributed by atoms with Gasteiger partial charge in [-0.3, -0.25) is 4.79 Å². The first-order chi connectivity index (χ1) is 8.54. The van der Waals surface area contributed by atoms with E-state index < -0.39 is 0 Å². The number of nitrogens with zero attached hydrogens (tertiary/aromatic N) is 1. The van der Waals surface area contributed by atoms with Crippen LogP contribution < -0.4 is 10.6 Å². The summed E-state index contributed by atoms with van der Waals surface area (Å²) in [7, 11) is 0. The Labute approximate surface area is 110 Å². The van der Waals surface area contributed by atoms with Crippen molar-refractivity contribution in [2.45, 2.75) is 53.0 Å². The third-order valence-corrected chi connectivity index (χ3v) is 2.96. The lowest BCUT2D eigenvalue weighted by atomic mass is 10.2. The van der Waals surface area contributed by atoms with E-state index >= 15 is 0 Å². The van der Waals surface area contributed by atoms with Gasteiger partial charge in [0.2, 0.25) is 5.91 Å². The van der Waals surface area contributed by atoms with E-state index in [0.717, 1.165) is 19.5 Å².